The van der Waals surface area contributed by atoms with Crippen LogP contribution in [-0.2, 0) is 9.59 Å². The van der Waals surface area contributed by atoms with E-state index in [1.54, 1.807) is 23.6 Å². The lowest BCUT2D eigenvalue weighted by Gasteiger charge is -2.22. The lowest BCUT2D eigenvalue weighted by Crippen LogP contribution is -2.47. The highest BCUT2D eigenvalue weighted by Gasteiger charge is 2.34. The second-order valence-corrected chi connectivity index (χ2v) is 4.96. The third-order valence-corrected chi connectivity index (χ3v) is 3.65. The maximum Gasteiger partial charge on any atom is 0.250 e. The molecule has 1 heterocycles. The summed E-state index contributed by atoms with van der Waals surface area (Å²) in [5.74, 6) is 0.763. The number of nitrogens with zero attached hydrogens (tertiary/aromatic N) is 2. The Morgan fingerprint density at radius 2 is 2.33 bits per heavy atom. The molecular formula is C12H17N3O2S. The molecule has 1 N–H and O–H groups in total. The highest BCUT2D eigenvalue weighted by Crippen LogP contribution is 2.23. The van der Waals surface area contributed by atoms with Crippen LogP contribution in [0.25, 0.3) is 0 Å². The van der Waals surface area contributed by atoms with Crippen LogP contribution in [0.4, 0.5) is 0 Å². The molecule has 0 aromatic rings. The lowest BCUT2D eigenvalue weighted by atomic mass is 10.2. The van der Waals surface area contributed by atoms with E-state index >= 15 is 0 Å². The Hall–Kier alpha value is -1.48. The van der Waals surface area contributed by atoms with Gasteiger partial charge in [-0.05, 0) is 13.3 Å². The first kappa shape index (κ1) is 14.6. The fourth-order valence-electron chi connectivity index (χ4n) is 1.72. The number of nitrogens with one attached hydrogen (secondary N) is 1. The number of hydrogen-bond acceptors (Lipinski definition) is 4. The van der Waals surface area contributed by atoms with Gasteiger partial charge in [0, 0.05) is 11.3 Å². The van der Waals surface area contributed by atoms with Crippen LogP contribution < -0.4 is 5.32 Å². The van der Waals surface area contributed by atoms with Crippen LogP contribution in [0.15, 0.2) is 11.6 Å². The van der Waals surface area contributed by atoms with Crippen LogP contribution in [0, 0.1) is 11.3 Å². The molecule has 0 aromatic carbocycles. The van der Waals surface area contributed by atoms with Crippen molar-refractivity contribution in [1.82, 2.24) is 10.2 Å². The number of carbonyl (C=O) groups is 2. The van der Waals surface area contributed by atoms with E-state index in [0.717, 1.165) is 6.42 Å². The molecule has 0 saturated carbocycles. The molecule has 0 aliphatic carbocycles. The van der Waals surface area contributed by atoms with Crippen molar-refractivity contribution in [3.8, 4) is 6.07 Å². The third-order valence-electron chi connectivity index (χ3n) is 2.64. The number of amides is 2. The molecule has 0 aromatic heterocycles. The molecule has 1 aliphatic rings. The largest absolute Gasteiger partial charge is 0.341 e. The van der Waals surface area contributed by atoms with Crippen molar-refractivity contribution in [2.24, 2.45) is 0 Å². The van der Waals surface area contributed by atoms with Crippen LogP contribution in [-0.4, -0.2) is 40.9 Å². The van der Waals surface area contributed by atoms with Gasteiger partial charge < -0.3 is 10.2 Å². The van der Waals surface area contributed by atoms with Crippen molar-refractivity contribution in [2.75, 3.05) is 18.2 Å². The second-order valence-electron chi connectivity index (χ2n) is 3.96. The Kier molecular flexibility index (Phi) is 5.72. The summed E-state index contributed by atoms with van der Waals surface area (Å²) in [7, 11) is 0. The topological polar surface area (TPSA) is 73.2 Å². The van der Waals surface area contributed by atoms with Gasteiger partial charge in [0.1, 0.15) is 12.6 Å². The lowest BCUT2D eigenvalue weighted by molar-refractivity contribution is -0.135. The van der Waals surface area contributed by atoms with Crippen molar-refractivity contribution >= 4 is 23.6 Å². The van der Waals surface area contributed by atoms with E-state index in [4.69, 9.17) is 5.26 Å². The predicted molar refractivity (Wildman–Crippen MR) is 70.6 cm³/mol. The van der Waals surface area contributed by atoms with E-state index in [2.05, 4.69) is 5.32 Å². The minimum Gasteiger partial charge on any atom is -0.341 e. The van der Waals surface area contributed by atoms with Gasteiger partial charge in [0.05, 0.1) is 11.9 Å². The zero-order valence-electron chi connectivity index (χ0n) is 10.6. The number of hydrogen-bond donors (Lipinski definition) is 1. The highest BCUT2D eigenvalue weighted by molar-refractivity contribution is 7.99. The van der Waals surface area contributed by atoms with Gasteiger partial charge in [0.15, 0.2) is 0 Å². The molecule has 2 amide bonds. The maximum absolute atomic E-state index is 12.1. The summed E-state index contributed by atoms with van der Waals surface area (Å²) in [5.41, 5.74) is 0.665. The van der Waals surface area contributed by atoms with Gasteiger partial charge in [0.25, 0.3) is 5.91 Å². The van der Waals surface area contributed by atoms with E-state index in [0.29, 0.717) is 17.2 Å². The zero-order chi connectivity index (χ0) is 13.5. The molecule has 98 valence electrons. The van der Waals surface area contributed by atoms with E-state index in [1.165, 1.54) is 0 Å². The van der Waals surface area contributed by atoms with Gasteiger partial charge in [-0.2, -0.15) is 5.26 Å². The van der Waals surface area contributed by atoms with Gasteiger partial charge >= 0.3 is 0 Å². The second kappa shape index (κ2) is 7.07. The molecule has 1 atom stereocenters. The number of nitriles is 1. The standard InChI is InChI=1S/C12H17N3O2S/c1-3-4-9(2)12(17)15-8-18-7-10(15)11(16)14-6-5-13/h4,10H,3,6-8H2,1-2H3,(H,14,16)/b9-4-/t10-/m0/s1. The highest BCUT2D eigenvalue weighted by atomic mass is 32.2. The average Bonchev–Trinajstić information content (AvgIpc) is 2.84. The van der Waals surface area contributed by atoms with Gasteiger partial charge in [-0.3, -0.25) is 9.59 Å². The molecule has 1 saturated heterocycles. The predicted octanol–water partition coefficient (Wildman–Crippen LogP) is 0.884. The molecule has 0 radical (unpaired) electrons. The molecule has 5 nitrogen and oxygen atoms in total. The van der Waals surface area contributed by atoms with Gasteiger partial charge in [-0.25, -0.2) is 0 Å². The Labute approximate surface area is 111 Å². The first-order valence-corrected chi connectivity index (χ1v) is 6.97. The molecule has 0 bridgehead atoms. The number of carbonyl (C=O) groups excluding carboxylic acids is 2. The summed E-state index contributed by atoms with van der Waals surface area (Å²) in [6.07, 6.45) is 2.65. The van der Waals surface area contributed by atoms with Crippen LogP contribution in [0.1, 0.15) is 20.3 Å². The smallest absolute Gasteiger partial charge is 0.250 e. The fourth-order valence-corrected chi connectivity index (χ4v) is 2.88. The quantitative estimate of drug-likeness (QED) is 0.606. The van der Waals surface area contributed by atoms with Crippen molar-refractivity contribution in [3.05, 3.63) is 11.6 Å². The molecule has 6 heteroatoms. The Morgan fingerprint density at radius 3 is 2.94 bits per heavy atom. The summed E-state index contributed by atoms with van der Waals surface area (Å²) < 4.78 is 0. The molecule has 1 aliphatic heterocycles. The molecular weight excluding hydrogens is 250 g/mol. The van der Waals surface area contributed by atoms with Gasteiger partial charge in [-0.15, -0.1) is 11.8 Å². The maximum atomic E-state index is 12.1. The summed E-state index contributed by atoms with van der Waals surface area (Å²) in [6, 6.07) is 1.39. The van der Waals surface area contributed by atoms with E-state index in [9.17, 15) is 9.59 Å². The monoisotopic (exact) mass is 267 g/mol. The fraction of sp³-hybridized carbons (Fsp3) is 0.583. The normalized spacial score (nSPS) is 19.5. The first-order chi connectivity index (χ1) is 8.61. The van der Waals surface area contributed by atoms with Crippen molar-refractivity contribution < 1.29 is 9.59 Å². The number of allylic oxidation sites excluding steroid dienone is 1. The number of rotatable bonds is 4. The van der Waals surface area contributed by atoms with Crippen molar-refractivity contribution in [1.29, 1.82) is 5.26 Å². The van der Waals surface area contributed by atoms with E-state index in [-0.39, 0.29) is 18.4 Å². The minimum absolute atomic E-state index is 0.0220. The average molecular weight is 267 g/mol. The Balaban J connectivity index is 2.70. The minimum atomic E-state index is -0.462. The van der Waals surface area contributed by atoms with E-state index in [1.807, 2.05) is 19.1 Å². The first-order valence-electron chi connectivity index (χ1n) is 5.82. The molecule has 1 fully saturated rings. The molecule has 18 heavy (non-hydrogen) atoms. The van der Waals surface area contributed by atoms with Gasteiger partial charge in [0.2, 0.25) is 5.91 Å². The Morgan fingerprint density at radius 1 is 1.61 bits per heavy atom. The Bertz CT molecular complexity index is 401. The zero-order valence-corrected chi connectivity index (χ0v) is 11.4. The van der Waals surface area contributed by atoms with Gasteiger partial charge in [-0.1, -0.05) is 13.0 Å². The SMILES string of the molecule is CC/C=C(/C)C(=O)N1CSC[C@H]1C(=O)NCC#N. The van der Waals surface area contributed by atoms with Crippen LogP contribution in [0.2, 0.25) is 0 Å². The molecule has 0 spiro atoms. The van der Waals surface area contributed by atoms with E-state index < -0.39 is 6.04 Å². The summed E-state index contributed by atoms with van der Waals surface area (Å²) in [4.78, 5) is 25.5. The third kappa shape index (κ3) is 3.50. The summed E-state index contributed by atoms with van der Waals surface area (Å²) >= 11 is 1.55. The van der Waals surface area contributed by atoms with Crippen molar-refractivity contribution in [3.63, 3.8) is 0 Å². The van der Waals surface area contributed by atoms with Crippen LogP contribution in [0.3, 0.4) is 0 Å². The van der Waals surface area contributed by atoms with Crippen molar-refractivity contribution in [2.45, 2.75) is 26.3 Å². The number of thioether (sulfide) groups is 1. The summed E-state index contributed by atoms with van der Waals surface area (Å²) in [6.45, 7) is 3.71. The molecule has 1 rings (SSSR count). The van der Waals surface area contributed by atoms with Crippen LogP contribution in [0.5, 0.6) is 0 Å². The molecule has 0 unspecified atom stereocenters. The van der Waals surface area contributed by atoms with Crippen LogP contribution >= 0.6 is 11.8 Å². The summed E-state index contributed by atoms with van der Waals surface area (Å²) in [5, 5.41) is 10.9.